The number of nitrogens with one attached hydrogen (secondary N) is 1. The number of nitrogens with zero attached hydrogens (tertiary/aromatic N) is 1. The lowest BCUT2D eigenvalue weighted by molar-refractivity contribution is -0.118. The minimum absolute atomic E-state index is 0.0161. The molecular weight excluding hydrogens is 454 g/mol. The van der Waals surface area contributed by atoms with Crippen molar-refractivity contribution in [3.63, 3.8) is 0 Å². The number of sulfonamides is 1. The van der Waals surface area contributed by atoms with Gasteiger partial charge in [-0.25, -0.2) is 13.6 Å². The number of carbonyl (C=O) groups excluding carboxylic acids is 1. The molecule has 0 radical (unpaired) electrons. The van der Waals surface area contributed by atoms with E-state index in [0.29, 0.717) is 54.1 Å². The molecule has 4 rings (SSSR count). The van der Waals surface area contributed by atoms with Gasteiger partial charge in [0.1, 0.15) is 18.2 Å². The first-order chi connectivity index (χ1) is 16.1. The SMILES string of the molecule is N=C(N)C1=CCC(N)C(CCC(=O)N2CCOc3cc(-c4ccccc4S(N)(=O)=O)ccc32)=C1. The number of ether oxygens (including phenoxy) is 1. The quantitative estimate of drug-likeness (QED) is 0.364. The van der Waals surface area contributed by atoms with E-state index in [1.807, 2.05) is 6.08 Å². The summed E-state index contributed by atoms with van der Waals surface area (Å²) in [5.41, 5.74) is 15.0. The third-order valence-corrected chi connectivity index (χ3v) is 6.95. The van der Waals surface area contributed by atoms with Gasteiger partial charge in [0.15, 0.2) is 0 Å². The molecule has 178 valence electrons. The third-order valence-electron chi connectivity index (χ3n) is 5.98. The molecule has 10 heteroatoms. The molecule has 1 atom stereocenters. The van der Waals surface area contributed by atoms with Gasteiger partial charge in [0.2, 0.25) is 15.9 Å². The number of benzene rings is 2. The van der Waals surface area contributed by atoms with Crippen LogP contribution in [0.25, 0.3) is 11.1 Å². The molecule has 0 fully saturated rings. The van der Waals surface area contributed by atoms with Gasteiger partial charge in [-0.1, -0.05) is 42.0 Å². The summed E-state index contributed by atoms with van der Waals surface area (Å²) < 4.78 is 29.8. The molecular formula is C24H27N5O4S. The van der Waals surface area contributed by atoms with E-state index in [4.69, 9.17) is 26.8 Å². The zero-order valence-corrected chi connectivity index (χ0v) is 19.3. The van der Waals surface area contributed by atoms with E-state index in [9.17, 15) is 13.2 Å². The Hall–Kier alpha value is -3.47. The summed E-state index contributed by atoms with van der Waals surface area (Å²) in [4.78, 5) is 14.8. The molecule has 1 amide bonds. The van der Waals surface area contributed by atoms with Gasteiger partial charge >= 0.3 is 0 Å². The number of carbonyl (C=O) groups is 1. The molecule has 9 nitrogen and oxygen atoms in total. The lowest BCUT2D eigenvalue weighted by atomic mass is 9.91. The Bertz CT molecular complexity index is 1320. The molecule has 0 saturated carbocycles. The molecule has 2 aromatic rings. The van der Waals surface area contributed by atoms with E-state index in [-0.39, 0.29) is 29.1 Å². The Labute approximate surface area is 198 Å². The Morgan fingerprint density at radius 2 is 1.97 bits per heavy atom. The van der Waals surface area contributed by atoms with E-state index in [1.165, 1.54) is 6.07 Å². The molecule has 1 aliphatic heterocycles. The largest absolute Gasteiger partial charge is 0.490 e. The second-order valence-electron chi connectivity index (χ2n) is 8.25. The maximum atomic E-state index is 13.1. The fourth-order valence-electron chi connectivity index (χ4n) is 4.20. The van der Waals surface area contributed by atoms with Gasteiger partial charge in [0.05, 0.1) is 17.1 Å². The summed E-state index contributed by atoms with van der Waals surface area (Å²) >= 11 is 0. The topological polar surface area (TPSA) is 166 Å². The lowest BCUT2D eigenvalue weighted by Gasteiger charge is -2.30. The van der Waals surface area contributed by atoms with Gasteiger partial charge in [0, 0.05) is 23.6 Å². The van der Waals surface area contributed by atoms with Crippen molar-refractivity contribution in [2.45, 2.75) is 30.2 Å². The van der Waals surface area contributed by atoms with Crippen LogP contribution in [0.4, 0.5) is 5.69 Å². The summed E-state index contributed by atoms with van der Waals surface area (Å²) in [7, 11) is -3.91. The lowest BCUT2D eigenvalue weighted by Crippen LogP contribution is -2.38. The maximum Gasteiger partial charge on any atom is 0.238 e. The highest BCUT2D eigenvalue weighted by molar-refractivity contribution is 7.89. The minimum atomic E-state index is -3.91. The smallest absolute Gasteiger partial charge is 0.238 e. The second kappa shape index (κ2) is 9.41. The number of amides is 1. The number of hydrogen-bond donors (Lipinski definition) is 4. The van der Waals surface area contributed by atoms with Crippen molar-refractivity contribution in [1.29, 1.82) is 5.41 Å². The van der Waals surface area contributed by atoms with E-state index in [1.54, 1.807) is 47.4 Å². The van der Waals surface area contributed by atoms with Crippen molar-refractivity contribution in [3.05, 3.63) is 65.8 Å². The molecule has 1 aliphatic carbocycles. The standard InChI is InChI=1S/C24H27N5O4S/c25-19-8-5-17(24(26)27)13-16(19)7-10-23(30)29-11-12-33-21-14-15(6-9-20(21)29)18-3-1-2-4-22(18)34(28,31)32/h1-6,9,13-14,19H,7-8,10-12,25H2,(H3,26,27)(H2,28,31,32). The Balaban J connectivity index is 1.55. The first-order valence-corrected chi connectivity index (χ1v) is 12.4. The molecule has 1 heterocycles. The molecule has 7 N–H and O–H groups in total. The van der Waals surface area contributed by atoms with E-state index >= 15 is 0 Å². The molecule has 0 saturated heterocycles. The van der Waals surface area contributed by atoms with Crippen LogP contribution in [0.5, 0.6) is 5.75 Å². The molecule has 0 spiro atoms. The predicted octanol–water partition coefficient (Wildman–Crippen LogP) is 2.03. The first-order valence-electron chi connectivity index (χ1n) is 10.8. The van der Waals surface area contributed by atoms with Crippen LogP contribution in [0, 0.1) is 5.41 Å². The molecule has 0 aromatic heterocycles. The van der Waals surface area contributed by atoms with Crippen LogP contribution in [0.3, 0.4) is 0 Å². The van der Waals surface area contributed by atoms with Gasteiger partial charge in [-0.05, 0) is 36.6 Å². The Kier molecular flexibility index (Phi) is 6.56. The van der Waals surface area contributed by atoms with E-state index in [0.717, 1.165) is 5.57 Å². The fraction of sp³-hybridized carbons (Fsp3) is 0.250. The van der Waals surface area contributed by atoms with Gasteiger partial charge in [-0.15, -0.1) is 0 Å². The van der Waals surface area contributed by atoms with E-state index < -0.39 is 10.0 Å². The van der Waals surface area contributed by atoms with Crippen molar-refractivity contribution in [2.24, 2.45) is 16.6 Å². The van der Waals surface area contributed by atoms with Crippen LogP contribution in [-0.2, 0) is 14.8 Å². The van der Waals surface area contributed by atoms with Gasteiger partial charge < -0.3 is 21.1 Å². The van der Waals surface area contributed by atoms with Crippen LogP contribution in [0.1, 0.15) is 19.3 Å². The Morgan fingerprint density at radius 3 is 2.71 bits per heavy atom. The molecule has 2 aromatic carbocycles. The zero-order chi connectivity index (χ0) is 24.5. The molecule has 34 heavy (non-hydrogen) atoms. The summed E-state index contributed by atoms with van der Waals surface area (Å²) in [6.07, 6.45) is 4.93. The highest BCUT2D eigenvalue weighted by Gasteiger charge is 2.26. The highest BCUT2D eigenvalue weighted by Crippen LogP contribution is 2.37. The van der Waals surface area contributed by atoms with Crippen molar-refractivity contribution in [3.8, 4) is 16.9 Å². The van der Waals surface area contributed by atoms with E-state index in [2.05, 4.69) is 0 Å². The number of nitrogens with two attached hydrogens (primary N) is 3. The van der Waals surface area contributed by atoms with Crippen LogP contribution < -0.4 is 26.2 Å². The average Bonchev–Trinajstić information content (AvgIpc) is 2.82. The monoisotopic (exact) mass is 481 g/mol. The number of hydrogen-bond acceptors (Lipinski definition) is 6. The summed E-state index contributed by atoms with van der Waals surface area (Å²) in [6, 6.07) is 11.5. The fourth-order valence-corrected chi connectivity index (χ4v) is 4.96. The van der Waals surface area contributed by atoms with Crippen molar-refractivity contribution >= 4 is 27.5 Å². The zero-order valence-electron chi connectivity index (χ0n) is 18.5. The van der Waals surface area contributed by atoms with Crippen molar-refractivity contribution < 1.29 is 17.9 Å². The number of amidine groups is 1. The van der Waals surface area contributed by atoms with Crippen LogP contribution >= 0.6 is 0 Å². The second-order valence-corrected chi connectivity index (χ2v) is 9.78. The van der Waals surface area contributed by atoms with Crippen LogP contribution in [-0.4, -0.2) is 39.4 Å². The summed E-state index contributed by atoms with van der Waals surface area (Å²) in [5, 5.41) is 13.0. The first kappa shape index (κ1) is 23.7. The van der Waals surface area contributed by atoms with Crippen molar-refractivity contribution in [2.75, 3.05) is 18.1 Å². The normalized spacial score (nSPS) is 17.8. The third kappa shape index (κ3) is 4.89. The predicted molar refractivity (Wildman–Crippen MR) is 131 cm³/mol. The number of primary sulfonamides is 1. The number of anilines is 1. The van der Waals surface area contributed by atoms with Crippen LogP contribution in [0.15, 0.2) is 70.7 Å². The van der Waals surface area contributed by atoms with Crippen molar-refractivity contribution in [1.82, 2.24) is 0 Å². The summed E-state index contributed by atoms with van der Waals surface area (Å²) in [6.45, 7) is 0.723. The number of fused-ring (bicyclic) bond motifs is 1. The Morgan fingerprint density at radius 1 is 1.21 bits per heavy atom. The molecule has 2 aliphatic rings. The minimum Gasteiger partial charge on any atom is -0.490 e. The van der Waals surface area contributed by atoms with Gasteiger partial charge in [-0.3, -0.25) is 10.2 Å². The summed E-state index contributed by atoms with van der Waals surface area (Å²) in [5.74, 6) is 0.406. The number of rotatable bonds is 6. The maximum absolute atomic E-state index is 13.1. The molecule has 1 unspecified atom stereocenters. The van der Waals surface area contributed by atoms with Crippen LogP contribution in [0.2, 0.25) is 0 Å². The molecule has 0 bridgehead atoms. The van der Waals surface area contributed by atoms with Gasteiger partial charge in [0.25, 0.3) is 0 Å². The highest BCUT2D eigenvalue weighted by atomic mass is 32.2. The van der Waals surface area contributed by atoms with Gasteiger partial charge in [-0.2, -0.15) is 0 Å². The average molecular weight is 482 g/mol.